The third kappa shape index (κ3) is 3.36. The normalized spacial score (nSPS) is 11.5. The summed E-state index contributed by atoms with van der Waals surface area (Å²) in [5.74, 6) is 2.26. The number of fused-ring (bicyclic) bond motifs is 5. The smallest absolute Gasteiger partial charge is 0.171 e. The third-order valence-corrected chi connectivity index (χ3v) is 5.69. The summed E-state index contributed by atoms with van der Waals surface area (Å²) in [5.41, 5.74) is 5.26. The summed E-state index contributed by atoms with van der Waals surface area (Å²) in [6.07, 6.45) is 5.35. The van der Waals surface area contributed by atoms with Crippen LogP contribution in [0.3, 0.4) is 0 Å². The van der Waals surface area contributed by atoms with Gasteiger partial charge in [0, 0.05) is 41.7 Å². The van der Waals surface area contributed by atoms with Crippen LogP contribution in [0, 0.1) is 0 Å². The Morgan fingerprint density at radius 1 is 0.818 bits per heavy atom. The van der Waals surface area contributed by atoms with Gasteiger partial charge in [0.05, 0.1) is 11.4 Å². The van der Waals surface area contributed by atoms with Crippen LogP contribution in [0.25, 0.3) is 28.5 Å². The minimum atomic E-state index is 0.0594. The van der Waals surface area contributed by atoms with Gasteiger partial charge in [-0.15, -0.1) is 10.2 Å². The van der Waals surface area contributed by atoms with Gasteiger partial charge in [0.25, 0.3) is 0 Å². The number of hydrogen-bond donors (Lipinski definition) is 1. The molecule has 6 rings (SSSR count). The van der Waals surface area contributed by atoms with Crippen LogP contribution in [-0.4, -0.2) is 30.5 Å². The molecule has 0 saturated carbocycles. The van der Waals surface area contributed by atoms with Gasteiger partial charge in [-0.25, -0.2) is 4.98 Å². The fourth-order valence-corrected chi connectivity index (χ4v) is 4.06. The number of aromatic nitrogens is 5. The monoisotopic (exact) mass is 430 g/mol. The molecule has 1 aliphatic rings. The average molecular weight is 430 g/mol. The number of nitrogens with one attached hydrogen (secondary N) is 1. The van der Waals surface area contributed by atoms with Crippen LogP contribution >= 0.6 is 0 Å². The highest BCUT2D eigenvalue weighted by atomic mass is 16.1. The van der Waals surface area contributed by atoms with E-state index in [1.807, 2.05) is 65.2 Å². The molecule has 7 nitrogen and oxygen atoms in total. The Bertz CT molecular complexity index is 1470. The summed E-state index contributed by atoms with van der Waals surface area (Å²) in [7, 11) is 0. The number of rotatable bonds is 4. The molecule has 0 atom stereocenters. The number of nitrogens with zero attached hydrogens (tertiary/aromatic N) is 5. The van der Waals surface area contributed by atoms with Crippen molar-refractivity contribution in [3.63, 3.8) is 0 Å². The molecular weight excluding hydrogens is 412 g/mol. The lowest BCUT2D eigenvalue weighted by Gasteiger charge is -2.11. The minimum Gasteiger partial charge on any atom is -0.338 e. The average Bonchev–Trinajstić information content (AvgIpc) is 3.25. The molecule has 0 bridgehead atoms. The number of pyridine rings is 2. The van der Waals surface area contributed by atoms with Crippen molar-refractivity contribution in [2.45, 2.75) is 6.42 Å². The van der Waals surface area contributed by atoms with Crippen LogP contribution in [0.1, 0.15) is 15.9 Å². The molecular formula is C26H18N6O. The number of carbonyl (C=O) groups is 1. The summed E-state index contributed by atoms with van der Waals surface area (Å²) in [4.78, 5) is 21.1. The zero-order valence-corrected chi connectivity index (χ0v) is 17.5. The first-order valence-corrected chi connectivity index (χ1v) is 10.6. The van der Waals surface area contributed by atoms with Crippen molar-refractivity contribution in [3.05, 3.63) is 103 Å². The Labute approximate surface area is 189 Å². The lowest BCUT2D eigenvalue weighted by atomic mass is 10.0. The van der Waals surface area contributed by atoms with Gasteiger partial charge < -0.3 is 5.32 Å². The van der Waals surface area contributed by atoms with E-state index in [1.54, 1.807) is 30.7 Å². The van der Waals surface area contributed by atoms with Crippen molar-refractivity contribution in [1.29, 1.82) is 0 Å². The molecule has 3 aromatic heterocycles. The Kier molecular flexibility index (Phi) is 4.51. The van der Waals surface area contributed by atoms with Crippen LogP contribution in [0.4, 0.5) is 11.5 Å². The summed E-state index contributed by atoms with van der Waals surface area (Å²) in [5, 5.41) is 12.5. The lowest BCUT2D eigenvalue weighted by molar-refractivity contribution is 0.0993. The van der Waals surface area contributed by atoms with Gasteiger partial charge in [0.1, 0.15) is 0 Å². The predicted octanol–water partition coefficient (Wildman–Crippen LogP) is 4.87. The molecule has 7 heteroatoms. The zero-order valence-electron chi connectivity index (χ0n) is 17.5. The summed E-state index contributed by atoms with van der Waals surface area (Å²) in [6.45, 7) is 0. The van der Waals surface area contributed by atoms with Crippen LogP contribution < -0.4 is 5.32 Å². The second kappa shape index (κ2) is 7.80. The molecule has 0 aliphatic carbocycles. The van der Waals surface area contributed by atoms with E-state index in [-0.39, 0.29) is 5.78 Å². The van der Waals surface area contributed by atoms with Gasteiger partial charge >= 0.3 is 0 Å². The summed E-state index contributed by atoms with van der Waals surface area (Å²) < 4.78 is 2.03. The molecule has 33 heavy (non-hydrogen) atoms. The van der Waals surface area contributed by atoms with Crippen LogP contribution in [-0.2, 0) is 6.42 Å². The highest BCUT2D eigenvalue weighted by Crippen LogP contribution is 2.38. The Balaban J connectivity index is 1.40. The molecule has 5 aromatic rings. The van der Waals surface area contributed by atoms with E-state index in [0.717, 1.165) is 39.7 Å². The summed E-state index contributed by atoms with van der Waals surface area (Å²) in [6, 6.07) is 23.2. The van der Waals surface area contributed by atoms with Gasteiger partial charge in [0.15, 0.2) is 23.2 Å². The van der Waals surface area contributed by atoms with Gasteiger partial charge in [-0.1, -0.05) is 36.4 Å². The molecule has 0 unspecified atom stereocenters. The summed E-state index contributed by atoms with van der Waals surface area (Å²) >= 11 is 0. The SMILES string of the molecule is O=C(Cc1ccc(-c2nnc3n2-c2cccnc2Nc2ccccc2-3)cc1)c1ccncc1. The van der Waals surface area contributed by atoms with E-state index >= 15 is 0 Å². The van der Waals surface area contributed by atoms with Crippen LogP contribution in [0.2, 0.25) is 0 Å². The van der Waals surface area contributed by atoms with Crippen molar-refractivity contribution in [3.8, 4) is 28.5 Å². The van der Waals surface area contributed by atoms with E-state index in [4.69, 9.17) is 0 Å². The number of ketones is 1. The second-order valence-corrected chi connectivity index (χ2v) is 7.76. The highest BCUT2D eigenvalue weighted by molar-refractivity contribution is 5.97. The number of para-hydroxylation sites is 1. The molecule has 0 radical (unpaired) electrons. The van der Waals surface area contributed by atoms with Crippen molar-refractivity contribution in [2.75, 3.05) is 5.32 Å². The maximum absolute atomic E-state index is 12.5. The fourth-order valence-electron chi connectivity index (χ4n) is 4.06. The van der Waals surface area contributed by atoms with Crippen molar-refractivity contribution in [1.82, 2.24) is 24.7 Å². The Morgan fingerprint density at radius 3 is 2.45 bits per heavy atom. The molecule has 0 saturated heterocycles. The number of Topliss-reactive ketones (excluding diaryl/α,β-unsaturated/α-hetero) is 1. The largest absolute Gasteiger partial charge is 0.338 e. The quantitative estimate of drug-likeness (QED) is 0.402. The van der Waals surface area contributed by atoms with Crippen molar-refractivity contribution >= 4 is 17.3 Å². The maximum atomic E-state index is 12.5. The van der Waals surface area contributed by atoms with E-state index in [2.05, 4.69) is 25.5 Å². The Hall–Kier alpha value is -4.65. The minimum absolute atomic E-state index is 0.0594. The van der Waals surface area contributed by atoms with Crippen LogP contribution in [0.5, 0.6) is 0 Å². The molecule has 1 N–H and O–H groups in total. The zero-order chi connectivity index (χ0) is 22.2. The standard InChI is InChI=1S/C26H18N6O/c33-23(18-11-14-27-15-12-18)16-17-7-9-19(10-8-17)25-30-31-26-20-4-1-2-5-21(20)29-24-22(32(25)26)6-3-13-28-24/h1-15H,16H2,(H,28,29). The highest BCUT2D eigenvalue weighted by Gasteiger charge is 2.24. The maximum Gasteiger partial charge on any atom is 0.171 e. The number of benzene rings is 2. The van der Waals surface area contributed by atoms with Crippen molar-refractivity contribution in [2.24, 2.45) is 0 Å². The molecule has 158 valence electrons. The molecule has 0 amide bonds. The number of anilines is 2. The van der Waals surface area contributed by atoms with Gasteiger partial charge in [-0.3, -0.25) is 14.3 Å². The van der Waals surface area contributed by atoms with Gasteiger partial charge in [-0.2, -0.15) is 0 Å². The predicted molar refractivity (Wildman–Crippen MR) is 126 cm³/mol. The van der Waals surface area contributed by atoms with E-state index < -0.39 is 0 Å². The Morgan fingerprint density at radius 2 is 1.61 bits per heavy atom. The number of hydrogen-bond acceptors (Lipinski definition) is 6. The molecule has 0 fully saturated rings. The molecule has 4 heterocycles. The number of carbonyl (C=O) groups excluding carboxylic acids is 1. The fraction of sp³-hybridized carbons (Fsp3) is 0.0385. The first kappa shape index (κ1) is 19.1. The topological polar surface area (TPSA) is 85.6 Å². The van der Waals surface area contributed by atoms with Gasteiger partial charge in [-0.05, 0) is 42.0 Å². The lowest BCUT2D eigenvalue weighted by Crippen LogP contribution is -2.04. The van der Waals surface area contributed by atoms with E-state index in [0.29, 0.717) is 17.8 Å². The molecule has 0 spiro atoms. The molecule has 1 aliphatic heterocycles. The molecule has 2 aromatic carbocycles. The van der Waals surface area contributed by atoms with Gasteiger partial charge in [0.2, 0.25) is 0 Å². The van der Waals surface area contributed by atoms with Crippen LogP contribution in [0.15, 0.2) is 91.4 Å². The van der Waals surface area contributed by atoms with Crippen molar-refractivity contribution < 1.29 is 4.79 Å². The third-order valence-electron chi connectivity index (χ3n) is 5.69. The van der Waals surface area contributed by atoms with E-state index in [9.17, 15) is 4.79 Å². The first-order chi connectivity index (χ1) is 16.3. The first-order valence-electron chi connectivity index (χ1n) is 10.6. The van der Waals surface area contributed by atoms with E-state index in [1.165, 1.54) is 0 Å². The second-order valence-electron chi connectivity index (χ2n) is 7.76.